The average molecular weight is 378 g/mol. The molecule has 1 amide bonds. The van der Waals surface area contributed by atoms with Crippen LogP contribution in [0.15, 0.2) is 46.6 Å². The van der Waals surface area contributed by atoms with Gasteiger partial charge in [0.25, 0.3) is 5.91 Å². The maximum absolute atomic E-state index is 12.4. The first-order chi connectivity index (χ1) is 11.8. The van der Waals surface area contributed by atoms with E-state index in [0.717, 1.165) is 11.1 Å². The van der Waals surface area contributed by atoms with Gasteiger partial charge in [0.2, 0.25) is 6.04 Å². The van der Waals surface area contributed by atoms with Gasteiger partial charge in [-0.15, -0.1) is 0 Å². The van der Waals surface area contributed by atoms with E-state index in [1.54, 1.807) is 36.4 Å². The number of Topliss-reactive ketones (excluding diaryl/α,β-unsaturated/α-hetero) is 1. The fourth-order valence-corrected chi connectivity index (χ4v) is 2.59. The van der Waals surface area contributed by atoms with Gasteiger partial charge in [0.1, 0.15) is 0 Å². The van der Waals surface area contributed by atoms with Crippen LogP contribution in [-0.2, 0) is 9.59 Å². The number of hydrogen-bond donors (Lipinski definition) is 1. The molecule has 2 rings (SSSR count). The summed E-state index contributed by atoms with van der Waals surface area (Å²) in [5.41, 5.74) is 2.70. The van der Waals surface area contributed by atoms with Crippen LogP contribution in [0.4, 0.5) is 11.4 Å². The van der Waals surface area contributed by atoms with Gasteiger partial charge in [0, 0.05) is 15.7 Å². The Morgan fingerprint density at radius 3 is 2.16 bits per heavy atom. The van der Waals surface area contributed by atoms with Crippen LogP contribution in [0, 0.1) is 13.8 Å². The minimum absolute atomic E-state index is 0.403. The summed E-state index contributed by atoms with van der Waals surface area (Å²) in [5.74, 6) is -0.951. The van der Waals surface area contributed by atoms with Crippen molar-refractivity contribution < 1.29 is 9.59 Å². The van der Waals surface area contributed by atoms with Crippen molar-refractivity contribution in [2.24, 2.45) is 10.2 Å². The molecule has 0 saturated carbocycles. The summed E-state index contributed by atoms with van der Waals surface area (Å²) in [6, 6.07) is 8.90. The van der Waals surface area contributed by atoms with Gasteiger partial charge in [0.05, 0.1) is 5.69 Å². The second-order valence-corrected chi connectivity index (χ2v) is 6.48. The highest BCUT2D eigenvalue weighted by atomic mass is 35.5. The Morgan fingerprint density at radius 2 is 1.60 bits per heavy atom. The third-order valence-electron chi connectivity index (χ3n) is 3.52. The van der Waals surface area contributed by atoms with Gasteiger partial charge in [-0.05, 0) is 68.3 Å². The fourth-order valence-electron chi connectivity index (χ4n) is 2.14. The molecule has 0 aliphatic carbocycles. The molecule has 0 bridgehead atoms. The molecule has 2 aromatic carbocycles. The molecular weight excluding hydrogens is 361 g/mol. The number of carbonyl (C=O) groups is 2. The van der Waals surface area contributed by atoms with E-state index >= 15 is 0 Å². The molecule has 7 heteroatoms. The molecular formula is C18H17Cl2N3O2. The van der Waals surface area contributed by atoms with Crippen molar-refractivity contribution in [1.82, 2.24) is 0 Å². The average Bonchev–Trinajstić information content (AvgIpc) is 2.52. The first-order valence-corrected chi connectivity index (χ1v) is 8.28. The number of azo groups is 1. The Hall–Kier alpha value is -2.24. The molecule has 130 valence electrons. The lowest BCUT2D eigenvalue weighted by molar-refractivity contribution is -0.126. The molecule has 1 N–H and O–H groups in total. The summed E-state index contributed by atoms with van der Waals surface area (Å²) >= 11 is 11.8. The van der Waals surface area contributed by atoms with E-state index in [0.29, 0.717) is 21.4 Å². The highest BCUT2D eigenvalue weighted by Crippen LogP contribution is 2.24. The second-order valence-electron chi connectivity index (χ2n) is 5.61. The summed E-state index contributed by atoms with van der Waals surface area (Å²) in [6.07, 6.45) is 0. The molecule has 0 aliphatic rings. The van der Waals surface area contributed by atoms with Crippen molar-refractivity contribution in [2.45, 2.75) is 26.8 Å². The van der Waals surface area contributed by atoms with Crippen molar-refractivity contribution in [2.75, 3.05) is 5.32 Å². The number of amides is 1. The van der Waals surface area contributed by atoms with Crippen molar-refractivity contribution >= 4 is 46.3 Å². The summed E-state index contributed by atoms with van der Waals surface area (Å²) in [7, 11) is 0. The maximum Gasteiger partial charge on any atom is 0.258 e. The number of aryl methyl sites for hydroxylation is 2. The Bertz CT molecular complexity index is 850. The van der Waals surface area contributed by atoms with E-state index in [2.05, 4.69) is 15.5 Å². The molecule has 5 nitrogen and oxygen atoms in total. The van der Waals surface area contributed by atoms with Crippen LogP contribution in [0.1, 0.15) is 18.1 Å². The van der Waals surface area contributed by atoms with Gasteiger partial charge in [-0.2, -0.15) is 10.2 Å². The van der Waals surface area contributed by atoms with Crippen molar-refractivity contribution in [1.29, 1.82) is 0 Å². The zero-order valence-electron chi connectivity index (χ0n) is 14.0. The molecule has 2 aromatic rings. The molecule has 1 atom stereocenters. The smallest absolute Gasteiger partial charge is 0.258 e. The van der Waals surface area contributed by atoms with Gasteiger partial charge in [-0.1, -0.05) is 23.2 Å². The van der Waals surface area contributed by atoms with Crippen LogP contribution in [-0.4, -0.2) is 17.7 Å². The number of nitrogens with zero attached hydrogens (tertiary/aromatic N) is 2. The number of benzene rings is 2. The zero-order chi connectivity index (χ0) is 18.6. The van der Waals surface area contributed by atoms with Crippen LogP contribution >= 0.6 is 23.2 Å². The Morgan fingerprint density at radius 1 is 1.00 bits per heavy atom. The van der Waals surface area contributed by atoms with E-state index in [-0.39, 0.29) is 0 Å². The van der Waals surface area contributed by atoms with Crippen LogP contribution < -0.4 is 5.32 Å². The third kappa shape index (κ3) is 5.11. The zero-order valence-corrected chi connectivity index (χ0v) is 15.5. The summed E-state index contributed by atoms with van der Waals surface area (Å²) in [6.45, 7) is 4.93. The Labute approximate surface area is 156 Å². The molecule has 0 heterocycles. The lowest BCUT2D eigenvalue weighted by Gasteiger charge is -2.12. The topological polar surface area (TPSA) is 70.9 Å². The molecule has 0 spiro atoms. The minimum atomic E-state index is -1.23. The molecule has 0 aliphatic heterocycles. The van der Waals surface area contributed by atoms with Crippen LogP contribution in [0.25, 0.3) is 0 Å². The number of rotatable bonds is 5. The highest BCUT2D eigenvalue weighted by Gasteiger charge is 2.23. The predicted molar refractivity (Wildman–Crippen MR) is 100.0 cm³/mol. The van der Waals surface area contributed by atoms with Crippen LogP contribution in [0.2, 0.25) is 10.0 Å². The molecule has 0 fully saturated rings. The number of nitrogens with one attached hydrogen (secondary N) is 1. The van der Waals surface area contributed by atoms with E-state index in [9.17, 15) is 9.59 Å². The lowest BCUT2D eigenvalue weighted by atomic mass is 10.1. The molecule has 25 heavy (non-hydrogen) atoms. The standard InChI is InChI=1S/C18H17Cl2N3O2/c1-10-8-13(19)4-6-15(10)21-18(25)17(12(3)24)23-22-16-7-5-14(20)9-11(16)2/h4-9,17H,1-3H3,(H,21,25)/b23-22+. The number of ketones is 1. The molecule has 1 unspecified atom stereocenters. The number of hydrogen-bond acceptors (Lipinski definition) is 4. The Balaban J connectivity index is 2.20. The van der Waals surface area contributed by atoms with Gasteiger partial charge in [-0.25, -0.2) is 0 Å². The number of anilines is 1. The van der Waals surface area contributed by atoms with Crippen molar-refractivity contribution in [3.05, 3.63) is 57.6 Å². The highest BCUT2D eigenvalue weighted by molar-refractivity contribution is 6.31. The molecule has 0 saturated heterocycles. The van der Waals surface area contributed by atoms with Crippen LogP contribution in [0.3, 0.4) is 0 Å². The first kappa shape index (κ1) is 19.1. The van der Waals surface area contributed by atoms with E-state index in [4.69, 9.17) is 23.2 Å². The summed E-state index contributed by atoms with van der Waals surface area (Å²) in [4.78, 5) is 24.2. The number of halogens is 2. The second kappa shape index (κ2) is 8.23. The monoisotopic (exact) mass is 377 g/mol. The largest absolute Gasteiger partial charge is 0.324 e. The van der Waals surface area contributed by atoms with Gasteiger partial charge in [0.15, 0.2) is 5.78 Å². The van der Waals surface area contributed by atoms with Crippen molar-refractivity contribution in [3.8, 4) is 0 Å². The third-order valence-corrected chi connectivity index (χ3v) is 3.99. The predicted octanol–water partition coefficient (Wildman–Crippen LogP) is 5.29. The minimum Gasteiger partial charge on any atom is -0.324 e. The van der Waals surface area contributed by atoms with Crippen LogP contribution in [0.5, 0.6) is 0 Å². The van der Waals surface area contributed by atoms with Gasteiger partial charge >= 0.3 is 0 Å². The van der Waals surface area contributed by atoms with E-state index < -0.39 is 17.7 Å². The summed E-state index contributed by atoms with van der Waals surface area (Å²) in [5, 5.41) is 11.8. The number of carbonyl (C=O) groups excluding carboxylic acids is 2. The van der Waals surface area contributed by atoms with Crippen molar-refractivity contribution in [3.63, 3.8) is 0 Å². The molecule has 0 aromatic heterocycles. The Kier molecular flexibility index (Phi) is 6.28. The van der Waals surface area contributed by atoms with E-state index in [1.165, 1.54) is 6.92 Å². The SMILES string of the molecule is CC(=O)C(/N=N/c1ccc(Cl)cc1C)C(=O)Nc1ccc(Cl)cc1C. The normalized spacial score (nSPS) is 12.2. The fraction of sp³-hybridized carbons (Fsp3) is 0.222. The molecule has 0 radical (unpaired) electrons. The quantitative estimate of drug-likeness (QED) is 0.567. The summed E-state index contributed by atoms with van der Waals surface area (Å²) < 4.78 is 0. The lowest BCUT2D eigenvalue weighted by Crippen LogP contribution is -2.32. The van der Waals surface area contributed by atoms with Gasteiger partial charge in [-0.3, -0.25) is 9.59 Å². The first-order valence-electron chi connectivity index (χ1n) is 7.52. The van der Waals surface area contributed by atoms with Gasteiger partial charge < -0.3 is 5.32 Å². The van der Waals surface area contributed by atoms with E-state index in [1.807, 2.05) is 13.8 Å². The maximum atomic E-state index is 12.4.